The van der Waals surface area contributed by atoms with Gasteiger partial charge < -0.3 is 14.2 Å². The van der Waals surface area contributed by atoms with Gasteiger partial charge in [-0.15, -0.1) is 0 Å². The molecule has 0 bridgehead atoms. The summed E-state index contributed by atoms with van der Waals surface area (Å²) in [5, 5.41) is 4.15. The largest absolute Gasteiger partial charge is 0.486 e. The maximum atomic E-state index is 12.7. The van der Waals surface area contributed by atoms with Crippen LogP contribution in [0.3, 0.4) is 0 Å². The van der Waals surface area contributed by atoms with Gasteiger partial charge >= 0.3 is 0 Å². The lowest BCUT2D eigenvalue weighted by molar-refractivity contribution is -0.131. The Kier molecular flexibility index (Phi) is 5.00. The van der Waals surface area contributed by atoms with E-state index < -0.39 is 0 Å². The molecule has 26 heavy (non-hydrogen) atoms. The molecule has 0 saturated heterocycles. The summed E-state index contributed by atoms with van der Waals surface area (Å²) in [6.45, 7) is 1.56. The summed E-state index contributed by atoms with van der Waals surface area (Å²) in [5.41, 5.74) is 3.04. The standard InChI is InChI=1S/C20H23N3O3/c24-20(11-15-5-2-1-3-6-15)23-10-8-19-17(13-23)18(22-26-19)14-25-16-7-4-9-21-12-16/h4-5,7,9,12H,1-3,6,8,10-11,13-14H2. The fourth-order valence-corrected chi connectivity index (χ4v) is 3.55. The Morgan fingerprint density at radius 2 is 2.27 bits per heavy atom. The molecule has 0 fully saturated rings. The zero-order chi connectivity index (χ0) is 17.8. The van der Waals surface area contributed by atoms with Crippen LogP contribution in [0.5, 0.6) is 5.75 Å². The predicted molar refractivity (Wildman–Crippen MR) is 95.4 cm³/mol. The van der Waals surface area contributed by atoms with Gasteiger partial charge in [0.2, 0.25) is 5.91 Å². The van der Waals surface area contributed by atoms with E-state index in [1.807, 2.05) is 17.0 Å². The zero-order valence-corrected chi connectivity index (χ0v) is 14.8. The minimum Gasteiger partial charge on any atom is -0.486 e. The van der Waals surface area contributed by atoms with Crippen molar-refractivity contribution in [3.63, 3.8) is 0 Å². The molecule has 2 aliphatic rings. The molecular weight excluding hydrogens is 330 g/mol. The highest BCUT2D eigenvalue weighted by Crippen LogP contribution is 2.26. The number of hydrogen-bond donors (Lipinski definition) is 0. The first kappa shape index (κ1) is 16.8. The Morgan fingerprint density at radius 1 is 1.31 bits per heavy atom. The number of carbonyl (C=O) groups is 1. The summed E-state index contributed by atoms with van der Waals surface area (Å²) < 4.78 is 11.2. The zero-order valence-electron chi connectivity index (χ0n) is 14.8. The van der Waals surface area contributed by atoms with Crippen molar-refractivity contribution >= 4 is 5.91 Å². The van der Waals surface area contributed by atoms with Crippen molar-refractivity contribution in [2.75, 3.05) is 6.54 Å². The molecule has 0 saturated carbocycles. The van der Waals surface area contributed by atoms with Crippen molar-refractivity contribution in [3.8, 4) is 5.75 Å². The van der Waals surface area contributed by atoms with Crippen LogP contribution in [0.2, 0.25) is 0 Å². The number of allylic oxidation sites excluding steroid dienone is 1. The van der Waals surface area contributed by atoms with Gasteiger partial charge in [-0.3, -0.25) is 9.78 Å². The first-order valence-electron chi connectivity index (χ1n) is 9.24. The normalized spacial score (nSPS) is 16.8. The molecule has 0 spiro atoms. The van der Waals surface area contributed by atoms with Crippen LogP contribution < -0.4 is 4.74 Å². The van der Waals surface area contributed by atoms with E-state index >= 15 is 0 Å². The number of aromatic nitrogens is 2. The highest BCUT2D eigenvalue weighted by Gasteiger charge is 2.27. The minimum absolute atomic E-state index is 0.198. The summed E-state index contributed by atoms with van der Waals surface area (Å²) >= 11 is 0. The first-order valence-corrected chi connectivity index (χ1v) is 9.24. The average Bonchev–Trinajstić information content (AvgIpc) is 3.10. The molecule has 3 heterocycles. The monoisotopic (exact) mass is 353 g/mol. The number of pyridine rings is 1. The number of ether oxygens (including phenoxy) is 1. The van der Waals surface area contributed by atoms with Gasteiger partial charge in [0.1, 0.15) is 23.8 Å². The molecule has 4 rings (SSSR count). The summed E-state index contributed by atoms with van der Waals surface area (Å²) in [7, 11) is 0. The number of amides is 1. The molecule has 6 heteroatoms. The Labute approximate surface area is 152 Å². The minimum atomic E-state index is 0.198. The Morgan fingerprint density at radius 3 is 3.08 bits per heavy atom. The van der Waals surface area contributed by atoms with E-state index in [2.05, 4.69) is 16.2 Å². The third-order valence-electron chi connectivity index (χ3n) is 5.03. The van der Waals surface area contributed by atoms with E-state index in [9.17, 15) is 4.79 Å². The third kappa shape index (κ3) is 3.79. The molecule has 0 aromatic carbocycles. The van der Waals surface area contributed by atoms with E-state index in [0.29, 0.717) is 38.3 Å². The molecule has 0 unspecified atom stereocenters. The van der Waals surface area contributed by atoms with Crippen molar-refractivity contribution < 1.29 is 14.1 Å². The lowest BCUT2D eigenvalue weighted by atomic mass is 9.96. The van der Waals surface area contributed by atoms with E-state index in [0.717, 1.165) is 29.9 Å². The van der Waals surface area contributed by atoms with Crippen molar-refractivity contribution in [2.45, 2.75) is 51.7 Å². The van der Waals surface area contributed by atoms with E-state index in [1.54, 1.807) is 12.4 Å². The predicted octanol–water partition coefficient (Wildman–Crippen LogP) is 3.42. The SMILES string of the molecule is O=C(CC1=CCCCC1)N1CCc2onc(COc3cccnc3)c2C1. The van der Waals surface area contributed by atoms with Gasteiger partial charge in [0.15, 0.2) is 0 Å². The van der Waals surface area contributed by atoms with Crippen LogP contribution in [0.15, 0.2) is 40.7 Å². The quantitative estimate of drug-likeness (QED) is 0.771. The number of hydrogen-bond acceptors (Lipinski definition) is 5. The molecule has 2 aromatic rings. The summed E-state index contributed by atoms with van der Waals surface area (Å²) in [6.07, 6.45) is 11.5. The highest BCUT2D eigenvalue weighted by molar-refractivity contribution is 5.79. The molecule has 0 radical (unpaired) electrons. The summed E-state index contributed by atoms with van der Waals surface area (Å²) in [6, 6.07) is 3.68. The van der Waals surface area contributed by atoms with Crippen LogP contribution in [0.4, 0.5) is 0 Å². The molecule has 1 aliphatic heterocycles. The van der Waals surface area contributed by atoms with Gasteiger partial charge in [0.25, 0.3) is 0 Å². The van der Waals surface area contributed by atoms with Crippen molar-refractivity contribution in [2.24, 2.45) is 0 Å². The maximum absolute atomic E-state index is 12.7. The lowest BCUT2D eigenvalue weighted by Crippen LogP contribution is -2.36. The van der Waals surface area contributed by atoms with Crippen molar-refractivity contribution in [3.05, 3.63) is 53.2 Å². The number of fused-ring (bicyclic) bond motifs is 1. The van der Waals surface area contributed by atoms with Crippen molar-refractivity contribution in [1.82, 2.24) is 15.0 Å². The molecule has 2 aromatic heterocycles. The van der Waals surface area contributed by atoms with Crippen LogP contribution in [0.1, 0.15) is 49.1 Å². The molecule has 6 nitrogen and oxygen atoms in total. The number of nitrogens with zero attached hydrogens (tertiary/aromatic N) is 3. The van der Waals surface area contributed by atoms with Gasteiger partial charge in [0, 0.05) is 31.1 Å². The molecular formula is C20H23N3O3. The van der Waals surface area contributed by atoms with Gasteiger partial charge in [0.05, 0.1) is 12.7 Å². The molecule has 0 atom stereocenters. The molecule has 0 N–H and O–H groups in total. The average molecular weight is 353 g/mol. The van der Waals surface area contributed by atoms with Gasteiger partial charge in [-0.05, 0) is 37.8 Å². The van der Waals surface area contributed by atoms with Gasteiger partial charge in [-0.1, -0.05) is 16.8 Å². The van der Waals surface area contributed by atoms with Gasteiger partial charge in [-0.25, -0.2) is 0 Å². The topological polar surface area (TPSA) is 68.5 Å². The lowest BCUT2D eigenvalue weighted by Gasteiger charge is -2.27. The molecule has 1 amide bonds. The second-order valence-electron chi connectivity index (χ2n) is 6.86. The van der Waals surface area contributed by atoms with Gasteiger partial charge in [-0.2, -0.15) is 0 Å². The fraction of sp³-hybridized carbons (Fsp3) is 0.450. The first-order chi connectivity index (χ1) is 12.8. The van der Waals surface area contributed by atoms with Crippen LogP contribution in [0, 0.1) is 0 Å². The van der Waals surface area contributed by atoms with Crippen molar-refractivity contribution in [1.29, 1.82) is 0 Å². The molecule has 1 aliphatic carbocycles. The van der Waals surface area contributed by atoms with E-state index in [-0.39, 0.29) is 5.91 Å². The van der Waals surface area contributed by atoms with Crippen LogP contribution in [-0.4, -0.2) is 27.5 Å². The van der Waals surface area contributed by atoms with E-state index in [1.165, 1.54) is 18.4 Å². The second kappa shape index (κ2) is 7.72. The van der Waals surface area contributed by atoms with Crippen LogP contribution >= 0.6 is 0 Å². The smallest absolute Gasteiger partial charge is 0.226 e. The number of rotatable bonds is 5. The van der Waals surface area contributed by atoms with E-state index in [4.69, 9.17) is 9.26 Å². The molecule has 136 valence electrons. The second-order valence-corrected chi connectivity index (χ2v) is 6.86. The summed E-state index contributed by atoms with van der Waals surface area (Å²) in [4.78, 5) is 18.6. The Balaban J connectivity index is 1.40. The number of carbonyl (C=O) groups excluding carboxylic acids is 1. The fourth-order valence-electron chi connectivity index (χ4n) is 3.55. The highest BCUT2D eigenvalue weighted by atomic mass is 16.5. The van der Waals surface area contributed by atoms with Crippen LogP contribution in [0.25, 0.3) is 0 Å². The maximum Gasteiger partial charge on any atom is 0.226 e. The Hall–Kier alpha value is -2.63. The van der Waals surface area contributed by atoms with Crippen LogP contribution in [-0.2, 0) is 24.4 Å². The Bertz CT molecular complexity index is 798. The third-order valence-corrected chi connectivity index (χ3v) is 5.03. The summed E-state index contributed by atoms with van der Waals surface area (Å²) in [5.74, 6) is 1.76.